The highest BCUT2D eigenvalue weighted by Crippen LogP contribution is 2.45. The van der Waals surface area contributed by atoms with Gasteiger partial charge in [-0.15, -0.1) is 0 Å². The van der Waals surface area contributed by atoms with Gasteiger partial charge in [-0.2, -0.15) is 0 Å². The third-order valence-corrected chi connectivity index (χ3v) is 23.3. The molecule has 0 fully saturated rings. The number of aliphatic hydroxyl groups excluding tert-OH is 1. The van der Waals surface area contributed by atoms with Gasteiger partial charge in [0.15, 0.2) is 12.2 Å². The van der Waals surface area contributed by atoms with Crippen molar-refractivity contribution in [3.63, 3.8) is 0 Å². The summed E-state index contributed by atoms with van der Waals surface area (Å²) < 4.78 is 69.0. The van der Waals surface area contributed by atoms with E-state index in [1.165, 1.54) is 327 Å². The summed E-state index contributed by atoms with van der Waals surface area (Å²) in [7, 11) is -9.93. The number of ether oxygens (including phenoxy) is 4. The van der Waals surface area contributed by atoms with Gasteiger partial charge in [-0.1, -0.05) is 445 Å². The van der Waals surface area contributed by atoms with Gasteiger partial charge in [0.25, 0.3) is 0 Å². The molecule has 109 heavy (non-hydrogen) atoms. The molecule has 648 valence electrons. The molecule has 0 aromatic carbocycles. The van der Waals surface area contributed by atoms with Crippen molar-refractivity contribution < 1.29 is 80.2 Å². The van der Waals surface area contributed by atoms with Crippen LogP contribution in [0.4, 0.5) is 0 Å². The largest absolute Gasteiger partial charge is 0.472 e. The number of aliphatic hydroxyl groups is 1. The lowest BCUT2D eigenvalue weighted by Gasteiger charge is -2.21. The van der Waals surface area contributed by atoms with Crippen molar-refractivity contribution in [3.05, 3.63) is 0 Å². The lowest BCUT2D eigenvalue weighted by atomic mass is 10.0. The lowest BCUT2D eigenvalue weighted by molar-refractivity contribution is -0.161. The van der Waals surface area contributed by atoms with Gasteiger partial charge in [0.2, 0.25) is 0 Å². The summed E-state index contributed by atoms with van der Waals surface area (Å²) in [6.07, 6.45) is 80.7. The first-order valence-corrected chi connectivity index (χ1v) is 49.8. The first-order valence-electron chi connectivity index (χ1n) is 46.8. The fourth-order valence-corrected chi connectivity index (χ4v) is 15.8. The normalized spacial score (nSPS) is 13.6. The van der Waals surface area contributed by atoms with Gasteiger partial charge in [0.05, 0.1) is 26.4 Å². The second kappa shape index (κ2) is 84.0. The van der Waals surface area contributed by atoms with E-state index in [9.17, 15) is 43.2 Å². The molecular weight excluding hydrogens is 1410 g/mol. The van der Waals surface area contributed by atoms with Crippen molar-refractivity contribution in [3.8, 4) is 0 Å². The van der Waals surface area contributed by atoms with E-state index in [0.29, 0.717) is 25.7 Å². The Bertz CT molecular complexity index is 2050. The molecule has 0 aliphatic carbocycles. The van der Waals surface area contributed by atoms with E-state index in [1.807, 2.05) is 0 Å². The summed E-state index contributed by atoms with van der Waals surface area (Å²) in [5.74, 6) is -2.09. The molecule has 0 heterocycles. The number of hydrogen-bond donors (Lipinski definition) is 3. The van der Waals surface area contributed by atoms with Crippen molar-refractivity contribution in [1.29, 1.82) is 0 Å². The van der Waals surface area contributed by atoms with Gasteiger partial charge in [-0.3, -0.25) is 37.3 Å². The highest BCUT2D eigenvalue weighted by Gasteiger charge is 2.30. The van der Waals surface area contributed by atoms with Crippen LogP contribution in [0, 0.1) is 0 Å². The molecule has 2 unspecified atom stereocenters. The molecule has 0 aliphatic heterocycles. The van der Waals surface area contributed by atoms with Crippen LogP contribution in [0.15, 0.2) is 0 Å². The third kappa shape index (κ3) is 83.8. The first-order chi connectivity index (χ1) is 53.2. The number of carbonyl (C=O) groups excluding carboxylic acids is 4. The molecule has 5 atom stereocenters. The molecule has 0 radical (unpaired) electrons. The Morgan fingerprint density at radius 2 is 0.367 bits per heavy atom. The van der Waals surface area contributed by atoms with Gasteiger partial charge in [0, 0.05) is 25.7 Å². The summed E-state index contributed by atoms with van der Waals surface area (Å²) >= 11 is 0. The Kier molecular flexibility index (Phi) is 82.5. The zero-order valence-corrected chi connectivity index (χ0v) is 73.3. The smallest absolute Gasteiger partial charge is 0.462 e. The number of esters is 4. The fourth-order valence-electron chi connectivity index (χ4n) is 14.2. The minimum atomic E-state index is -4.97. The predicted molar refractivity (Wildman–Crippen MR) is 451 cm³/mol. The Morgan fingerprint density at radius 1 is 0.220 bits per heavy atom. The van der Waals surface area contributed by atoms with E-state index in [0.717, 1.165) is 89.9 Å². The van der Waals surface area contributed by atoms with E-state index in [-0.39, 0.29) is 25.7 Å². The first kappa shape index (κ1) is 107. The van der Waals surface area contributed by atoms with Crippen molar-refractivity contribution in [1.82, 2.24) is 0 Å². The van der Waals surface area contributed by atoms with Crippen molar-refractivity contribution in [2.45, 2.75) is 515 Å². The van der Waals surface area contributed by atoms with E-state index < -0.39 is 97.5 Å². The molecule has 0 aliphatic rings. The zero-order valence-electron chi connectivity index (χ0n) is 71.5. The Labute approximate surface area is 670 Å². The average molecular weight is 1590 g/mol. The number of phosphoric ester groups is 2. The Hall–Kier alpha value is -1.94. The Morgan fingerprint density at radius 3 is 0.541 bits per heavy atom. The number of phosphoric acid groups is 2. The van der Waals surface area contributed by atoms with E-state index in [4.69, 9.17) is 37.0 Å². The minimum Gasteiger partial charge on any atom is -0.462 e. The average Bonchev–Trinajstić information content (AvgIpc) is 0.902. The van der Waals surface area contributed by atoms with Gasteiger partial charge in [-0.05, 0) is 25.7 Å². The van der Waals surface area contributed by atoms with Crippen LogP contribution in [-0.2, 0) is 65.4 Å². The maximum Gasteiger partial charge on any atom is 0.472 e. The second-order valence-electron chi connectivity index (χ2n) is 32.3. The van der Waals surface area contributed by atoms with Gasteiger partial charge >= 0.3 is 39.5 Å². The molecule has 0 spiro atoms. The number of rotatable bonds is 91. The molecule has 0 rings (SSSR count). The van der Waals surface area contributed by atoms with Crippen LogP contribution in [0.3, 0.4) is 0 Å². The monoisotopic (exact) mass is 1590 g/mol. The van der Waals surface area contributed by atoms with E-state index in [2.05, 4.69) is 27.7 Å². The van der Waals surface area contributed by atoms with Crippen LogP contribution >= 0.6 is 15.6 Å². The molecule has 0 amide bonds. The van der Waals surface area contributed by atoms with E-state index in [1.54, 1.807) is 0 Å². The molecule has 19 heteroatoms. The van der Waals surface area contributed by atoms with Crippen LogP contribution in [0.1, 0.15) is 496 Å². The topological polar surface area (TPSA) is 237 Å². The quantitative estimate of drug-likeness (QED) is 0.0222. The molecule has 0 aromatic rings. The second-order valence-corrected chi connectivity index (χ2v) is 35.3. The summed E-state index contributed by atoms with van der Waals surface area (Å²) in [6.45, 7) is 5.07. The van der Waals surface area contributed by atoms with Crippen LogP contribution in [0.5, 0.6) is 0 Å². The fraction of sp³-hybridized carbons (Fsp3) is 0.956. The zero-order chi connectivity index (χ0) is 79.6. The summed E-state index contributed by atoms with van der Waals surface area (Å²) in [6, 6.07) is 0. The van der Waals surface area contributed by atoms with Crippen LogP contribution in [0.2, 0.25) is 0 Å². The minimum absolute atomic E-state index is 0.109. The third-order valence-electron chi connectivity index (χ3n) is 21.4. The van der Waals surface area contributed by atoms with Gasteiger partial charge < -0.3 is 33.8 Å². The van der Waals surface area contributed by atoms with Crippen LogP contribution < -0.4 is 0 Å². The summed E-state index contributed by atoms with van der Waals surface area (Å²) in [4.78, 5) is 73.3. The molecule has 3 N–H and O–H groups in total. The van der Waals surface area contributed by atoms with Crippen molar-refractivity contribution >= 4 is 39.5 Å². The van der Waals surface area contributed by atoms with Crippen molar-refractivity contribution in [2.24, 2.45) is 0 Å². The van der Waals surface area contributed by atoms with E-state index >= 15 is 0 Å². The molecule has 0 saturated carbocycles. The molecular formula is C90H176O17P2. The Balaban J connectivity index is 5.20. The number of carbonyl (C=O) groups is 4. The predicted octanol–water partition coefficient (Wildman–Crippen LogP) is 28.1. The maximum atomic E-state index is 13.2. The highest BCUT2D eigenvalue weighted by molar-refractivity contribution is 7.47. The van der Waals surface area contributed by atoms with Gasteiger partial charge in [-0.25, -0.2) is 9.13 Å². The van der Waals surface area contributed by atoms with Crippen molar-refractivity contribution in [2.75, 3.05) is 39.6 Å². The molecule has 0 aromatic heterocycles. The molecule has 0 bridgehead atoms. The number of unbranched alkanes of at least 4 members (excludes halogenated alkanes) is 65. The standard InChI is InChI=1S/C90H176O17P2/c1-5-9-13-17-21-25-29-32-35-38-40-42-44-46-48-51-54-57-61-65-69-73-77-90(95)107-86(81-101-88(93)75-71-67-63-59-55-52-50-47-45-43-41-39-36-33-30-26-22-18-14-10-6-2)83-105-109(98,99)103-79-84(91)78-102-108(96,97)104-82-85(80-100-87(92)74-70-66-62-58-28-24-20-16-12-8-4)106-89(94)76-72-68-64-60-56-53-49-37-34-31-27-23-19-15-11-7-3/h84-86,91H,5-83H2,1-4H3,(H,96,97)(H,98,99)/t84-,85+,86+/m0/s1. The SMILES string of the molecule is CCCCCCCCCCCCCCCCCCCCCCCCC(=O)O[C@H](COC(=O)CCCCCCCCCCCCCCCCCCCCCCC)COP(=O)(O)OC[C@@H](O)COP(=O)(O)OC[C@@H](COC(=O)CCCCCCCCCCCC)OC(=O)CCCCCCCCCCCCCCCCCC. The van der Waals surface area contributed by atoms with Crippen LogP contribution in [0.25, 0.3) is 0 Å². The molecule has 0 saturated heterocycles. The van der Waals surface area contributed by atoms with Gasteiger partial charge in [0.1, 0.15) is 19.3 Å². The summed E-state index contributed by atoms with van der Waals surface area (Å²) in [5.41, 5.74) is 0. The summed E-state index contributed by atoms with van der Waals surface area (Å²) in [5, 5.41) is 10.7. The lowest BCUT2D eigenvalue weighted by Crippen LogP contribution is -2.30. The molecule has 17 nitrogen and oxygen atoms in total. The maximum absolute atomic E-state index is 13.2. The number of hydrogen-bond acceptors (Lipinski definition) is 15. The highest BCUT2D eigenvalue weighted by atomic mass is 31.2. The van der Waals surface area contributed by atoms with Crippen LogP contribution in [-0.4, -0.2) is 96.7 Å².